The van der Waals surface area contributed by atoms with Crippen LogP contribution in [0.2, 0.25) is 0 Å². The van der Waals surface area contributed by atoms with Gasteiger partial charge in [0.25, 0.3) is 0 Å². The Kier molecular flexibility index (Phi) is 13.2. The van der Waals surface area contributed by atoms with Crippen LogP contribution < -0.4 is 0 Å². The minimum absolute atomic E-state index is 0.356. The number of unbranched alkanes of at least 4 members (excludes halogenated alkanes) is 6. The number of carbonyl (C=O) groups is 1. The lowest BCUT2D eigenvalue weighted by Crippen LogP contribution is -2.19. The van der Waals surface area contributed by atoms with Crippen molar-refractivity contribution >= 4 is 5.97 Å². The third kappa shape index (κ3) is 10.6. The van der Waals surface area contributed by atoms with E-state index in [9.17, 15) is 4.79 Å². The van der Waals surface area contributed by atoms with Gasteiger partial charge in [0.2, 0.25) is 0 Å². The van der Waals surface area contributed by atoms with E-state index in [1.165, 1.54) is 32.1 Å². The molecule has 0 aromatic carbocycles. The quantitative estimate of drug-likeness (QED) is 0.219. The van der Waals surface area contributed by atoms with Crippen molar-refractivity contribution in [3.63, 3.8) is 0 Å². The van der Waals surface area contributed by atoms with Gasteiger partial charge in [-0.25, -0.2) is 11.4 Å². The molecule has 3 nitrogen and oxygen atoms in total. The monoisotopic (exact) mass is 279 g/mol. The molecule has 0 N–H and O–H groups in total. The highest BCUT2D eigenvalue weighted by atomic mass is 16.5. The molecule has 3 heteroatoms. The first-order chi connectivity index (χ1) is 9.76. The second-order valence-corrected chi connectivity index (χ2v) is 4.98. The number of hydrogen-bond acceptors (Lipinski definition) is 2. The van der Waals surface area contributed by atoms with Gasteiger partial charge < -0.3 is 9.58 Å². The van der Waals surface area contributed by atoms with E-state index in [0.29, 0.717) is 13.0 Å². The Labute approximate surface area is 124 Å². The van der Waals surface area contributed by atoms with Gasteiger partial charge in [0.15, 0.2) is 0 Å². The number of carbonyl (C=O) groups excluding carboxylic acids is 1. The van der Waals surface area contributed by atoms with E-state index in [-0.39, 0.29) is 5.97 Å². The number of esters is 1. The summed E-state index contributed by atoms with van der Waals surface area (Å²) < 4.78 is 4.88. The molecule has 0 aromatic heterocycles. The van der Waals surface area contributed by atoms with E-state index in [1.807, 2.05) is 0 Å². The van der Waals surface area contributed by atoms with E-state index < -0.39 is 6.04 Å². The molecule has 1 atom stereocenters. The highest BCUT2D eigenvalue weighted by Gasteiger charge is 2.23. The van der Waals surface area contributed by atoms with Gasteiger partial charge in [-0.1, -0.05) is 44.8 Å². The second-order valence-electron chi connectivity index (χ2n) is 4.98. The molecule has 0 aliphatic carbocycles. The standard InChI is InChI=1S/C17H29NO2/c1-4-6-7-8-9-10-11-12-13-14-15-16(18-3)17(19)20-5-2/h6-7,16H,4-5,8-15H2,1-2H3/b7-6-. The van der Waals surface area contributed by atoms with Crippen LogP contribution in [0.25, 0.3) is 4.85 Å². The van der Waals surface area contributed by atoms with E-state index in [2.05, 4.69) is 23.9 Å². The molecule has 0 spiro atoms. The Morgan fingerprint density at radius 3 is 2.35 bits per heavy atom. The van der Waals surface area contributed by atoms with Crippen molar-refractivity contribution < 1.29 is 9.53 Å². The van der Waals surface area contributed by atoms with E-state index in [4.69, 9.17) is 11.3 Å². The lowest BCUT2D eigenvalue weighted by molar-refractivity contribution is -0.143. The maximum absolute atomic E-state index is 11.4. The molecule has 0 radical (unpaired) electrons. The fourth-order valence-electron chi connectivity index (χ4n) is 2.07. The van der Waals surface area contributed by atoms with Crippen LogP contribution in [0.15, 0.2) is 12.2 Å². The van der Waals surface area contributed by atoms with E-state index >= 15 is 0 Å². The zero-order valence-corrected chi connectivity index (χ0v) is 13.1. The van der Waals surface area contributed by atoms with Crippen molar-refractivity contribution in [2.45, 2.75) is 77.7 Å². The zero-order chi connectivity index (χ0) is 15.1. The highest BCUT2D eigenvalue weighted by Crippen LogP contribution is 2.12. The summed E-state index contributed by atoms with van der Waals surface area (Å²) in [4.78, 5) is 14.8. The minimum atomic E-state index is -0.589. The maximum Gasteiger partial charge on any atom is 0.390 e. The third-order valence-electron chi connectivity index (χ3n) is 3.22. The Morgan fingerprint density at radius 2 is 1.75 bits per heavy atom. The van der Waals surface area contributed by atoms with Crippen molar-refractivity contribution in [2.75, 3.05) is 6.61 Å². The van der Waals surface area contributed by atoms with Crippen molar-refractivity contribution in [1.82, 2.24) is 0 Å². The molecule has 0 saturated heterocycles. The fraction of sp³-hybridized carbons (Fsp3) is 0.765. The molecule has 20 heavy (non-hydrogen) atoms. The van der Waals surface area contributed by atoms with E-state index in [0.717, 1.165) is 19.3 Å². The van der Waals surface area contributed by atoms with Crippen molar-refractivity contribution in [3.8, 4) is 0 Å². The fourth-order valence-corrected chi connectivity index (χ4v) is 2.07. The molecule has 0 aliphatic heterocycles. The van der Waals surface area contributed by atoms with Gasteiger partial charge in [-0.2, -0.15) is 0 Å². The Hall–Kier alpha value is -1.30. The molecule has 0 bridgehead atoms. The Bertz CT molecular complexity index is 305. The number of ether oxygens (including phenoxy) is 1. The van der Waals surface area contributed by atoms with Gasteiger partial charge in [-0.3, -0.25) is 0 Å². The van der Waals surface area contributed by atoms with Gasteiger partial charge in [0.1, 0.15) is 0 Å². The second kappa shape index (κ2) is 14.1. The molecule has 114 valence electrons. The first-order valence-corrected chi connectivity index (χ1v) is 7.94. The van der Waals surface area contributed by atoms with Gasteiger partial charge >= 0.3 is 12.0 Å². The number of allylic oxidation sites excluding steroid dienone is 2. The number of hydrogen-bond donors (Lipinski definition) is 0. The largest absolute Gasteiger partial charge is 0.460 e. The summed E-state index contributed by atoms with van der Waals surface area (Å²) in [6.45, 7) is 11.3. The van der Waals surface area contributed by atoms with E-state index in [1.54, 1.807) is 6.92 Å². The van der Waals surface area contributed by atoms with Crippen molar-refractivity contribution in [3.05, 3.63) is 23.6 Å². The molecule has 0 heterocycles. The predicted molar refractivity (Wildman–Crippen MR) is 83.4 cm³/mol. The molecule has 0 saturated carbocycles. The summed E-state index contributed by atoms with van der Waals surface area (Å²) >= 11 is 0. The molecular weight excluding hydrogens is 250 g/mol. The molecule has 0 fully saturated rings. The molecule has 0 amide bonds. The summed E-state index contributed by atoms with van der Waals surface area (Å²) in [5.74, 6) is -0.356. The van der Waals surface area contributed by atoms with Crippen LogP contribution in [-0.2, 0) is 9.53 Å². The molecular formula is C17H29NO2. The van der Waals surface area contributed by atoms with Gasteiger partial charge in [-0.15, -0.1) is 0 Å². The van der Waals surface area contributed by atoms with Gasteiger partial charge in [-0.05, 0) is 32.6 Å². The SMILES string of the molecule is [C-]#[N+]C(CCCCCCCC/C=C\CC)C(=O)OCC. The summed E-state index contributed by atoms with van der Waals surface area (Å²) in [7, 11) is 0. The summed E-state index contributed by atoms with van der Waals surface area (Å²) in [5.41, 5.74) is 0. The van der Waals surface area contributed by atoms with Crippen molar-refractivity contribution in [2.24, 2.45) is 0 Å². The first-order valence-electron chi connectivity index (χ1n) is 7.94. The Morgan fingerprint density at radius 1 is 1.10 bits per heavy atom. The Balaban J connectivity index is 3.45. The van der Waals surface area contributed by atoms with Crippen molar-refractivity contribution in [1.29, 1.82) is 0 Å². The van der Waals surface area contributed by atoms with Crippen LogP contribution in [0.4, 0.5) is 0 Å². The summed E-state index contributed by atoms with van der Waals surface area (Å²) in [6.07, 6.45) is 14.5. The normalized spacial score (nSPS) is 12.2. The molecule has 0 rings (SSSR count). The van der Waals surface area contributed by atoms with Crippen LogP contribution in [0.1, 0.15) is 71.6 Å². The van der Waals surface area contributed by atoms with Gasteiger partial charge in [0, 0.05) is 6.42 Å². The van der Waals surface area contributed by atoms with Crippen LogP contribution >= 0.6 is 0 Å². The summed E-state index contributed by atoms with van der Waals surface area (Å²) in [6, 6.07) is -0.589. The highest BCUT2D eigenvalue weighted by molar-refractivity contribution is 5.77. The molecule has 0 aromatic rings. The van der Waals surface area contributed by atoms with Crippen LogP contribution in [0.5, 0.6) is 0 Å². The lowest BCUT2D eigenvalue weighted by Gasteiger charge is -2.05. The number of rotatable bonds is 12. The number of nitrogens with zero attached hydrogens (tertiary/aromatic N) is 1. The summed E-state index contributed by atoms with van der Waals surface area (Å²) in [5, 5.41) is 0. The lowest BCUT2D eigenvalue weighted by atomic mass is 10.1. The maximum atomic E-state index is 11.4. The smallest absolute Gasteiger partial charge is 0.390 e. The van der Waals surface area contributed by atoms with Crippen LogP contribution in [0.3, 0.4) is 0 Å². The third-order valence-corrected chi connectivity index (χ3v) is 3.22. The first kappa shape index (κ1) is 18.7. The average molecular weight is 279 g/mol. The topological polar surface area (TPSA) is 30.7 Å². The molecule has 1 unspecified atom stereocenters. The van der Waals surface area contributed by atoms with Crippen LogP contribution in [-0.4, -0.2) is 18.6 Å². The minimum Gasteiger partial charge on any atom is -0.460 e. The predicted octanol–water partition coefficient (Wildman–Crippen LogP) is 4.92. The average Bonchev–Trinajstić information content (AvgIpc) is 2.45. The zero-order valence-electron chi connectivity index (χ0n) is 13.1. The molecule has 0 aliphatic rings. The van der Waals surface area contributed by atoms with Gasteiger partial charge in [0.05, 0.1) is 6.61 Å². The van der Waals surface area contributed by atoms with Crippen LogP contribution in [0, 0.1) is 6.57 Å².